The number of benzene rings is 2. The van der Waals surface area contributed by atoms with Gasteiger partial charge in [-0.15, -0.1) is 0 Å². The second kappa shape index (κ2) is 5.87. The molecule has 0 bridgehead atoms. The van der Waals surface area contributed by atoms with Crippen molar-refractivity contribution in [1.82, 2.24) is 9.80 Å². The highest BCUT2D eigenvalue weighted by Gasteiger charge is 2.48. The molecule has 0 unspecified atom stereocenters. The molecule has 5 aliphatic rings. The van der Waals surface area contributed by atoms with E-state index in [2.05, 4.69) is 10.6 Å². The number of hydrogen-bond acceptors (Lipinski definition) is 6. The van der Waals surface area contributed by atoms with Gasteiger partial charge in [0.15, 0.2) is 23.0 Å². The van der Waals surface area contributed by atoms with Crippen LogP contribution in [0.15, 0.2) is 24.3 Å². The minimum absolute atomic E-state index is 0.144. The molecule has 2 atom stereocenters. The van der Waals surface area contributed by atoms with Gasteiger partial charge in [0.05, 0.1) is 23.5 Å². The Balaban J connectivity index is 1.46. The van der Waals surface area contributed by atoms with E-state index >= 15 is 0 Å². The fourth-order valence-electron chi connectivity index (χ4n) is 5.16. The first-order chi connectivity index (χ1) is 15.2. The Morgan fingerprint density at radius 3 is 1.55 bits per heavy atom. The van der Waals surface area contributed by atoms with Gasteiger partial charge in [-0.05, 0) is 18.6 Å². The number of amides is 4. The number of fused-ring (bicyclic) bond motifs is 9. The van der Waals surface area contributed by atoms with Crippen molar-refractivity contribution < 1.29 is 28.5 Å². The lowest BCUT2D eigenvalue weighted by Gasteiger charge is -2.45. The minimum atomic E-state index is -0.383. The second-order valence-corrected chi connectivity index (χ2v) is 8.08. The summed E-state index contributed by atoms with van der Waals surface area (Å²) < 4.78 is 22.2. The molecule has 10 nitrogen and oxygen atoms in total. The van der Waals surface area contributed by atoms with Crippen LogP contribution in [0.25, 0.3) is 0 Å². The lowest BCUT2D eigenvalue weighted by molar-refractivity contribution is 0.136. The summed E-state index contributed by atoms with van der Waals surface area (Å²) in [4.78, 5) is 29.8. The molecule has 10 heteroatoms. The number of rotatable bonds is 0. The first-order valence-electron chi connectivity index (χ1n) is 10.2. The van der Waals surface area contributed by atoms with Crippen LogP contribution in [0.5, 0.6) is 23.0 Å². The van der Waals surface area contributed by atoms with Crippen LogP contribution in [-0.4, -0.2) is 48.5 Å². The molecule has 2 aromatic carbocycles. The van der Waals surface area contributed by atoms with Gasteiger partial charge in [0, 0.05) is 36.3 Å². The Morgan fingerprint density at radius 2 is 1.10 bits per heavy atom. The molecule has 0 radical (unpaired) electrons. The standard InChI is InChI=1S/C21H18N4O6/c26-20-22-12-6-16-14(28-8-30-16)4-10(12)18-19-11-5-15-17(31-9-29-15)7-13(11)23-21(27)25(19)3-1-2-24(18)20/h4-7,18-19H,1-3,8-9H2,(H,22,26)(H,23,27)/t18-,19+. The van der Waals surface area contributed by atoms with Gasteiger partial charge in [0.2, 0.25) is 13.6 Å². The van der Waals surface area contributed by atoms with E-state index in [4.69, 9.17) is 18.9 Å². The average molecular weight is 422 g/mol. The fourth-order valence-corrected chi connectivity index (χ4v) is 5.16. The van der Waals surface area contributed by atoms with Crippen LogP contribution in [0, 0.1) is 0 Å². The minimum Gasteiger partial charge on any atom is -0.454 e. The average Bonchev–Trinajstić information content (AvgIpc) is 3.35. The van der Waals surface area contributed by atoms with Crippen molar-refractivity contribution in [2.75, 3.05) is 37.3 Å². The maximum atomic E-state index is 13.1. The third kappa shape index (κ3) is 2.27. The summed E-state index contributed by atoms with van der Waals surface area (Å²) >= 11 is 0. The van der Waals surface area contributed by atoms with Gasteiger partial charge in [-0.25, -0.2) is 9.59 Å². The maximum absolute atomic E-state index is 13.1. The molecule has 2 aromatic rings. The zero-order valence-electron chi connectivity index (χ0n) is 16.3. The number of hydrogen-bond donors (Lipinski definition) is 2. The van der Waals surface area contributed by atoms with Crippen molar-refractivity contribution in [1.29, 1.82) is 0 Å². The number of anilines is 2. The summed E-state index contributed by atoms with van der Waals surface area (Å²) in [6.07, 6.45) is 0.674. The molecule has 7 rings (SSSR count). The maximum Gasteiger partial charge on any atom is 0.322 e. The van der Waals surface area contributed by atoms with Crippen LogP contribution in [0.4, 0.5) is 21.0 Å². The van der Waals surface area contributed by atoms with Gasteiger partial charge in [-0.1, -0.05) is 0 Å². The molecular weight excluding hydrogens is 404 g/mol. The van der Waals surface area contributed by atoms with Crippen molar-refractivity contribution in [3.63, 3.8) is 0 Å². The summed E-state index contributed by atoms with van der Waals surface area (Å²) in [5.74, 6) is 2.47. The topological polar surface area (TPSA) is 102 Å². The van der Waals surface area contributed by atoms with Gasteiger partial charge in [0.25, 0.3) is 0 Å². The Labute approximate surface area is 176 Å². The van der Waals surface area contributed by atoms with Crippen LogP contribution in [0.1, 0.15) is 29.6 Å². The Morgan fingerprint density at radius 1 is 0.677 bits per heavy atom. The van der Waals surface area contributed by atoms with E-state index in [-0.39, 0.29) is 37.7 Å². The second-order valence-electron chi connectivity index (χ2n) is 8.08. The zero-order valence-corrected chi connectivity index (χ0v) is 16.3. The number of ether oxygens (including phenoxy) is 4. The Bertz CT molecular complexity index is 1080. The smallest absolute Gasteiger partial charge is 0.322 e. The molecule has 0 saturated carbocycles. The highest BCUT2D eigenvalue weighted by Crippen LogP contribution is 2.53. The van der Waals surface area contributed by atoms with Crippen LogP contribution >= 0.6 is 0 Å². The number of nitrogens with zero attached hydrogens (tertiary/aromatic N) is 2. The van der Waals surface area contributed by atoms with Crippen LogP contribution in [0.2, 0.25) is 0 Å². The largest absolute Gasteiger partial charge is 0.454 e. The first kappa shape index (κ1) is 16.9. The van der Waals surface area contributed by atoms with Crippen molar-refractivity contribution in [2.24, 2.45) is 0 Å². The summed E-state index contributed by atoms with van der Waals surface area (Å²) in [7, 11) is 0. The van der Waals surface area contributed by atoms with Crippen LogP contribution in [0.3, 0.4) is 0 Å². The predicted octanol–water partition coefficient (Wildman–Crippen LogP) is 3.03. The molecule has 0 spiro atoms. The molecular formula is C21H18N4O6. The molecule has 1 saturated heterocycles. The SMILES string of the molecule is O=C1Nc2cc3c(cc2[C@@H]2[C@@H]4c5cc6c(cc5NC(=O)N4CCCN12)OCO6)OCO3. The summed E-state index contributed by atoms with van der Waals surface area (Å²) in [6, 6.07) is 6.28. The van der Waals surface area contributed by atoms with E-state index in [0.717, 1.165) is 11.1 Å². The molecule has 158 valence electrons. The third-order valence-electron chi connectivity index (χ3n) is 6.50. The Hall–Kier alpha value is -3.82. The van der Waals surface area contributed by atoms with Crippen molar-refractivity contribution in [3.05, 3.63) is 35.4 Å². The number of nitrogens with one attached hydrogen (secondary N) is 2. The van der Waals surface area contributed by atoms with Gasteiger partial charge in [-0.3, -0.25) is 0 Å². The highest BCUT2D eigenvalue weighted by molar-refractivity contribution is 5.96. The fraction of sp³-hybridized carbons (Fsp3) is 0.333. The Kier molecular flexibility index (Phi) is 3.20. The molecule has 5 aliphatic heterocycles. The van der Waals surface area contributed by atoms with E-state index < -0.39 is 0 Å². The zero-order chi connectivity index (χ0) is 20.7. The van der Waals surface area contributed by atoms with E-state index in [1.807, 2.05) is 21.9 Å². The molecule has 31 heavy (non-hydrogen) atoms. The van der Waals surface area contributed by atoms with E-state index in [0.29, 0.717) is 53.9 Å². The molecule has 0 aliphatic carbocycles. The quantitative estimate of drug-likeness (QED) is 0.677. The number of urea groups is 2. The van der Waals surface area contributed by atoms with Crippen molar-refractivity contribution >= 4 is 23.4 Å². The van der Waals surface area contributed by atoms with Crippen LogP contribution < -0.4 is 29.6 Å². The van der Waals surface area contributed by atoms with Crippen LogP contribution in [-0.2, 0) is 0 Å². The lowest BCUT2D eigenvalue weighted by Crippen LogP contribution is -2.49. The summed E-state index contributed by atoms with van der Waals surface area (Å²) in [5.41, 5.74) is 3.12. The lowest BCUT2D eigenvalue weighted by atomic mass is 9.87. The molecule has 1 fully saturated rings. The van der Waals surface area contributed by atoms with Crippen molar-refractivity contribution in [3.8, 4) is 23.0 Å². The predicted molar refractivity (Wildman–Crippen MR) is 107 cm³/mol. The molecule has 2 N–H and O–H groups in total. The van der Waals surface area contributed by atoms with E-state index in [1.165, 1.54) is 0 Å². The van der Waals surface area contributed by atoms with Gasteiger partial charge in [-0.2, -0.15) is 0 Å². The summed E-state index contributed by atoms with van der Waals surface area (Å²) in [6.45, 7) is 1.35. The van der Waals surface area contributed by atoms with Crippen molar-refractivity contribution in [2.45, 2.75) is 18.5 Å². The molecule has 5 heterocycles. The first-order valence-corrected chi connectivity index (χ1v) is 10.2. The molecule has 0 aromatic heterocycles. The third-order valence-corrected chi connectivity index (χ3v) is 6.50. The number of carbonyl (C=O) groups excluding carboxylic acids is 2. The van der Waals surface area contributed by atoms with E-state index in [9.17, 15) is 9.59 Å². The normalized spacial score (nSPS) is 24.4. The van der Waals surface area contributed by atoms with Gasteiger partial charge in [0.1, 0.15) is 0 Å². The van der Waals surface area contributed by atoms with E-state index in [1.54, 1.807) is 12.1 Å². The monoisotopic (exact) mass is 422 g/mol. The van der Waals surface area contributed by atoms with Gasteiger partial charge < -0.3 is 39.4 Å². The molecule has 4 amide bonds. The van der Waals surface area contributed by atoms with Gasteiger partial charge >= 0.3 is 12.1 Å². The highest BCUT2D eigenvalue weighted by atomic mass is 16.7. The number of carbonyl (C=O) groups is 2. The summed E-state index contributed by atoms with van der Waals surface area (Å²) in [5, 5.41) is 5.95.